The van der Waals surface area contributed by atoms with E-state index in [0.29, 0.717) is 13.2 Å². The van der Waals surface area contributed by atoms with Gasteiger partial charge in [0.05, 0.1) is 6.61 Å². The highest BCUT2D eigenvalue weighted by molar-refractivity contribution is 5.71. The van der Waals surface area contributed by atoms with Crippen molar-refractivity contribution >= 4 is 5.97 Å². The molecule has 0 rings (SSSR count). The number of nitrogens with two attached hydrogens (primary N) is 1. The summed E-state index contributed by atoms with van der Waals surface area (Å²) < 4.78 is 4.73. The normalized spacial score (nSPS) is 13.1. The van der Waals surface area contributed by atoms with Crippen molar-refractivity contribution in [2.45, 2.75) is 13.0 Å². The minimum Gasteiger partial charge on any atom is -0.479 e. The first kappa shape index (κ1) is 8.39. The number of carboxylic acids is 1. The maximum Gasteiger partial charge on any atom is 0.332 e. The lowest BCUT2D eigenvalue weighted by Gasteiger charge is -2.05. The molecule has 0 fully saturated rings. The summed E-state index contributed by atoms with van der Waals surface area (Å²) in [6.07, 6.45) is -0.742. The molecule has 0 saturated carbocycles. The van der Waals surface area contributed by atoms with Gasteiger partial charge < -0.3 is 15.6 Å². The first-order chi connectivity index (χ1) is 4.18. The molecule has 0 heterocycles. The lowest BCUT2D eigenvalue weighted by Crippen LogP contribution is -2.23. The van der Waals surface area contributed by atoms with Gasteiger partial charge in [-0.1, -0.05) is 0 Å². The van der Waals surface area contributed by atoms with E-state index in [0.717, 1.165) is 0 Å². The largest absolute Gasteiger partial charge is 0.479 e. The molecule has 9 heavy (non-hydrogen) atoms. The standard InChI is InChI=1S/C5H11NO3/c1-4(5(7)8)9-3-2-6/h4H,2-3,6H2,1H3,(H,7,8)/t4-/m1/s1. The predicted octanol–water partition coefficient (Wildman–Crippen LogP) is -0.565. The zero-order valence-electron chi connectivity index (χ0n) is 5.33. The van der Waals surface area contributed by atoms with Crippen molar-refractivity contribution in [1.29, 1.82) is 0 Å². The molecule has 0 aliphatic rings. The number of ether oxygens (including phenoxy) is 1. The number of aliphatic carboxylic acids is 1. The molecule has 4 heteroatoms. The second-order valence-corrected chi connectivity index (χ2v) is 1.64. The molecule has 0 aliphatic heterocycles. The Kier molecular flexibility index (Phi) is 4.00. The smallest absolute Gasteiger partial charge is 0.332 e. The Hall–Kier alpha value is -0.610. The topological polar surface area (TPSA) is 72.5 Å². The van der Waals surface area contributed by atoms with Gasteiger partial charge in [-0.3, -0.25) is 0 Å². The van der Waals surface area contributed by atoms with Crippen LogP contribution in [0, 0.1) is 0 Å². The Labute approximate surface area is 53.6 Å². The fraction of sp³-hybridized carbons (Fsp3) is 0.800. The van der Waals surface area contributed by atoms with E-state index in [1.807, 2.05) is 0 Å². The molecule has 0 aliphatic carbocycles. The summed E-state index contributed by atoms with van der Waals surface area (Å²) in [4.78, 5) is 10.0. The van der Waals surface area contributed by atoms with Crippen LogP contribution in [0.25, 0.3) is 0 Å². The average Bonchev–Trinajstić information content (AvgIpc) is 1.82. The Bertz CT molecular complexity index is 94.2. The highest BCUT2D eigenvalue weighted by Crippen LogP contribution is 1.87. The fourth-order valence-electron chi connectivity index (χ4n) is 0.316. The van der Waals surface area contributed by atoms with Crippen molar-refractivity contribution in [2.75, 3.05) is 13.2 Å². The van der Waals surface area contributed by atoms with E-state index in [1.165, 1.54) is 6.92 Å². The fourth-order valence-corrected chi connectivity index (χ4v) is 0.316. The molecule has 0 radical (unpaired) electrons. The summed E-state index contributed by atoms with van der Waals surface area (Å²) in [5.74, 6) is -0.955. The Morgan fingerprint density at radius 3 is 2.78 bits per heavy atom. The zero-order chi connectivity index (χ0) is 7.28. The first-order valence-corrected chi connectivity index (χ1v) is 2.73. The third-order valence-corrected chi connectivity index (χ3v) is 0.833. The van der Waals surface area contributed by atoms with Crippen molar-refractivity contribution in [1.82, 2.24) is 0 Å². The molecule has 3 N–H and O–H groups in total. The van der Waals surface area contributed by atoms with Gasteiger partial charge in [-0.15, -0.1) is 0 Å². The van der Waals surface area contributed by atoms with Crippen molar-refractivity contribution in [2.24, 2.45) is 5.73 Å². The first-order valence-electron chi connectivity index (χ1n) is 2.73. The molecule has 0 aromatic carbocycles. The molecule has 1 atom stereocenters. The Morgan fingerprint density at radius 2 is 2.44 bits per heavy atom. The summed E-state index contributed by atoms with van der Waals surface area (Å²) >= 11 is 0. The lowest BCUT2D eigenvalue weighted by atomic mass is 10.4. The Balaban J connectivity index is 3.27. The van der Waals surface area contributed by atoms with Crippen LogP contribution in [0.5, 0.6) is 0 Å². The number of rotatable bonds is 4. The summed E-state index contributed by atoms with van der Waals surface area (Å²) in [6, 6.07) is 0. The van der Waals surface area contributed by atoms with Gasteiger partial charge in [0.25, 0.3) is 0 Å². The molecule has 0 unspecified atom stereocenters. The molecule has 0 amide bonds. The molecule has 0 aromatic rings. The third-order valence-electron chi connectivity index (χ3n) is 0.833. The van der Waals surface area contributed by atoms with E-state index in [1.54, 1.807) is 0 Å². The molecule has 54 valence electrons. The second-order valence-electron chi connectivity index (χ2n) is 1.64. The maximum absolute atomic E-state index is 10.0. The van der Waals surface area contributed by atoms with E-state index in [4.69, 9.17) is 15.6 Å². The van der Waals surface area contributed by atoms with E-state index >= 15 is 0 Å². The monoisotopic (exact) mass is 133 g/mol. The summed E-state index contributed by atoms with van der Waals surface area (Å²) in [5, 5.41) is 8.24. The number of hydrogen-bond donors (Lipinski definition) is 2. The van der Waals surface area contributed by atoms with Crippen LogP contribution < -0.4 is 5.73 Å². The van der Waals surface area contributed by atoms with Crippen molar-refractivity contribution in [3.05, 3.63) is 0 Å². The highest BCUT2D eigenvalue weighted by atomic mass is 16.5. The van der Waals surface area contributed by atoms with Gasteiger partial charge in [0, 0.05) is 6.54 Å². The predicted molar refractivity (Wildman–Crippen MR) is 32.1 cm³/mol. The minimum atomic E-state index is -0.955. The number of hydrogen-bond acceptors (Lipinski definition) is 3. The van der Waals surface area contributed by atoms with Gasteiger partial charge in [-0.2, -0.15) is 0 Å². The van der Waals surface area contributed by atoms with Crippen molar-refractivity contribution < 1.29 is 14.6 Å². The number of carbonyl (C=O) groups is 1. The molecular formula is C5H11NO3. The second kappa shape index (κ2) is 4.29. The molecule has 0 spiro atoms. The SMILES string of the molecule is C[C@@H](OCCN)C(=O)O. The van der Waals surface area contributed by atoms with Gasteiger partial charge in [0.1, 0.15) is 0 Å². The maximum atomic E-state index is 10.0. The van der Waals surface area contributed by atoms with Crippen LogP contribution in [0.3, 0.4) is 0 Å². The summed E-state index contributed by atoms with van der Waals surface area (Å²) in [7, 11) is 0. The van der Waals surface area contributed by atoms with Gasteiger partial charge in [-0.25, -0.2) is 4.79 Å². The van der Waals surface area contributed by atoms with Gasteiger partial charge in [0.15, 0.2) is 6.10 Å². The molecule has 0 bridgehead atoms. The van der Waals surface area contributed by atoms with Crippen LogP contribution in [-0.2, 0) is 9.53 Å². The third kappa shape index (κ3) is 3.93. The van der Waals surface area contributed by atoms with E-state index in [-0.39, 0.29) is 0 Å². The highest BCUT2D eigenvalue weighted by Gasteiger charge is 2.08. The minimum absolute atomic E-state index is 0.299. The lowest BCUT2D eigenvalue weighted by molar-refractivity contribution is -0.148. The molecule has 0 saturated heterocycles. The van der Waals surface area contributed by atoms with E-state index in [9.17, 15) is 4.79 Å². The van der Waals surface area contributed by atoms with Crippen LogP contribution in [0.2, 0.25) is 0 Å². The molecule has 0 aromatic heterocycles. The van der Waals surface area contributed by atoms with Gasteiger partial charge in [0.2, 0.25) is 0 Å². The van der Waals surface area contributed by atoms with Crippen LogP contribution in [0.1, 0.15) is 6.92 Å². The van der Waals surface area contributed by atoms with Crippen LogP contribution in [0.15, 0.2) is 0 Å². The van der Waals surface area contributed by atoms with E-state index < -0.39 is 12.1 Å². The number of carboxylic acid groups (broad SMARTS) is 1. The quantitative estimate of drug-likeness (QED) is 0.539. The van der Waals surface area contributed by atoms with Crippen molar-refractivity contribution in [3.63, 3.8) is 0 Å². The molecular weight excluding hydrogens is 122 g/mol. The average molecular weight is 133 g/mol. The van der Waals surface area contributed by atoms with Gasteiger partial charge in [-0.05, 0) is 6.92 Å². The van der Waals surface area contributed by atoms with Crippen molar-refractivity contribution in [3.8, 4) is 0 Å². The Morgan fingerprint density at radius 1 is 1.89 bits per heavy atom. The van der Waals surface area contributed by atoms with Crippen LogP contribution in [-0.4, -0.2) is 30.3 Å². The van der Waals surface area contributed by atoms with Gasteiger partial charge >= 0.3 is 5.97 Å². The zero-order valence-corrected chi connectivity index (χ0v) is 5.33. The summed E-state index contributed by atoms with van der Waals surface area (Å²) in [6.45, 7) is 2.13. The summed E-state index contributed by atoms with van der Waals surface area (Å²) in [5.41, 5.74) is 5.06. The van der Waals surface area contributed by atoms with E-state index in [2.05, 4.69) is 0 Å². The van der Waals surface area contributed by atoms with Crippen LogP contribution in [0.4, 0.5) is 0 Å². The molecule has 4 nitrogen and oxygen atoms in total. The van der Waals surface area contributed by atoms with Crippen LogP contribution >= 0.6 is 0 Å².